The summed E-state index contributed by atoms with van der Waals surface area (Å²) < 4.78 is 4.81. The number of fused-ring (bicyclic) bond motifs is 1. The number of ether oxygens (including phenoxy) is 1. The molecule has 1 heterocycles. The van der Waals surface area contributed by atoms with Gasteiger partial charge in [0.25, 0.3) is 5.91 Å². The largest absolute Gasteiger partial charge is 0.465 e. The summed E-state index contributed by atoms with van der Waals surface area (Å²) in [5.74, 6) is -0.180. The summed E-state index contributed by atoms with van der Waals surface area (Å²) in [7, 11) is 1.34. The third-order valence-corrected chi connectivity index (χ3v) is 4.96. The van der Waals surface area contributed by atoms with Crippen molar-refractivity contribution in [2.45, 2.75) is 25.7 Å². The van der Waals surface area contributed by atoms with Crippen molar-refractivity contribution in [2.75, 3.05) is 12.4 Å². The van der Waals surface area contributed by atoms with Gasteiger partial charge < -0.3 is 10.1 Å². The highest BCUT2D eigenvalue weighted by Gasteiger charge is 2.27. The predicted molar refractivity (Wildman–Crippen MR) is 104 cm³/mol. The van der Waals surface area contributed by atoms with E-state index in [2.05, 4.69) is 5.32 Å². The first-order valence-electron chi connectivity index (χ1n) is 8.97. The van der Waals surface area contributed by atoms with Crippen molar-refractivity contribution in [3.8, 4) is 0 Å². The molecule has 0 spiro atoms. The standard InChI is InChI=1S/C22H20N2O3/c1-13-15(22(26)27-2)7-5-9-18(13)24-21(25)17-12-20(14-10-11-14)23-19-8-4-3-6-16(17)19/h3-9,12,14H,10-11H2,1-2H3,(H,24,25). The van der Waals surface area contributed by atoms with Crippen molar-refractivity contribution in [3.63, 3.8) is 0 Å². The van der Waals surface area contributed by atoms with Gasteiger partial charge in [0, 0.05) is 22.7 Å². The van der Waals surface area contributed by atoms with E-state index in [0.29, 0.717) is 28.3 Å². The summed E-state index contributed by atoms with van der Waals surface area (Å²) in [6.07, 6.45) is 2.24. The van der Waals surface area contributed by atoms with Gasteiger partial charge in [0.15, 0.2) is 0 Å². The lowest BCUT2D eigenvalue weighted by Crippen LogP contribution is -2.15. The van der Waals surface area contributed by atoms with Crippen molar-refractivity contribution in [3.05, 3.63) is 70.9 Å². The second-order valence-corrected chi connectivity index (χ2v) is 6.81. The third-order valence-electron chi connectivity index (χ3n) is 4.96. The predicted octanol–water partition coefficient (Wildman–Crippen LogP) is 4.46. The molecule has 0 aliphatic heterocycles. The number of methoxy groups -OCH3 is 1. The summed E-state index contributed by atoms with van der Waals surface area (Å²) in [5, 5.41) is 3.77. The number of benzene rings is 2. The van der Waals surface area contributed by atoms with E-state index in [1.54, 1.807) is 25.1 Å². The lowest BCUT2D eigenvalue weighted by Gasteiger charge is -2.13. The topological polar surface area (TPSA) is 68.3 Å². The number of para-hydroxylation sites is 1. The van der Waals surface area contributed by atoms with Gasteiger partial charge in [-0.25, -0.2) is 4.79 Å². The number of esters is 1. The van der Waals surface area contributed by atoms with E-state index in [1.165, 1.54) is 7.11 Å². The number of hydrogen-bond donors (Lipinski definition) is 1. The van der Waals surface area contributed by atoms with Crippen molar-refractivity contribution in [1.29, 1.82) is 0 Å². The van der Waals surface area contributed by atoms with Gasteiger partial charge in [0.2, 0.25) is 0 Å². The van der Waals surface area contributed by atoms with Gasteiger partial charge in [0.05, 0.1) is 23.8 Å². The highest BCUT2D eigenvalue weighted by molar-refractivity contribution is 6.13. The molecule has 0 radical (unpaired) electrons. The zero-order valence-corrected chi connectivity index (χ0v) is 15.3. The summed E-state index contributed by atoms with van der Waals surface area (Å²) in [6.45, 7) is 1.79. The Balaban J connectivity index is 1.73. The first-order valence-corrected chi connectivity index (χ1v) is 8.97. The molecule has 1 aliphatic carbocycles. The average molecular weight is 360 g/mol. The summed E-state index contributed by atoms with van der Waals surface area (Å²) in [5.41, 5.74) is 4.11. The van der Waals surface area contributed by atoms with Gasteiger partial charge in [-0.2, -0.15) is 0 Å². The van der Waals surface area contributed by atoms with Crippen molar-refractivity contribution < 1.29 is 14.3 Å². The van der Waals surface area contributed by atoms with Crippen LogP contribution >= 0.6 is 0 Å². The lowest BCUT2D eigenvalue weighted by atomic mass is 10.0. The molecule has 1 saturated carbocycles. The number of pyridine rings is 1. The minimum atomic E-state index is -0.422. The van der Waals surface area contributed by atoms with Crippen LogP contribution in [0.2, 0.25) is 0 Å². The molecule has 27 heavy (non-hydrogen) atoms. The van der Waals surface area contributed by atoms with Gasteiger partial charge in [-0.1, -0.05) is 24.3 Å². The maximum Gasteiger partial charge on any atom is 0.338 e. The second-order valence-electron chi connectivity index (χ2n) is 6.81. The van der Waals surface area contributed by atoms with Crippen LogP contribution in [-0.2, 0) is 4.74 Å². The summed E-state index contributed by atoms with van der Waals surface area (Å²) >= 11 is 0. The Morgan fingerprint density at radius 2 is 1.85 bits per heavy atom. The average Bonchev–Trinajstić information content (AvgIpc) is 3.53. The zero-order valence-electron chi connectivity index (χ0n) is 15.3. The fraction of sp³-hybridized carbons (Fsp3) is 0.227. The molecule has 2 aromatic carbocycles. The SMILES string of the molecule is COC(=O)c1cccc(NC(=O)c2cc(C3CC3)nc3ccccc23)c1C. The van der Waals surface area contributed by atoms with E-state index in [4.69, 9.17) is 9.72 Å². The van der Waals surface area contributed by atoms with Crippen LogP contribution in [0.25, 0.3) is 10.9 Å². The molecule has 1 amide bonds. The number of amides is 1. The second kappa shape index (κ2) is 6.83. The monoisotopic (exact) mass is 360 g/mol. The van der Waals surface area contributed by atoms with Crippen LogP contribution in [0.5, 0.6) is 0 Å². The van der Waals surface area contributed by atoms with E-state index in [0.717, 1.165) is 29.4 Å². The molecular formula is C22H20N2O3. The van der Waals surface area contributed by atoms with Gasteiger partial charge in [-0.15, -0.1) is 0 Å². The number of rotatable bonds is 4. The fourth-order valence-corrected chi connectivity index (χ4v) is 3.26. The van der Waals surface area contributed by atoms with E-state index in [1.807, 2.05) is 30.3 Å². The molecule has 136 valence electrons. The van der Waals surface area contributed by atoms with Crippen molar-refractivity contribution in [1.82, 2.24) is 4.98 Å². The summed E-state index contributed by atoms with van der Waals surface area (Å²) in [4.78, 5) is 29.7. The zero-order chi connectivity index (χ0) is 19.0. The Morgan fingerprint density at radius 1 is 1.07 bits per heavy atom. The normalized spacial score (nSPS) is 13.4. The van der Waals surface area contributed by atoms with Crippen LogP contribution in [0.4, 0.5) is 5.69 Å². The highest BCUT2D eigenvalue weighted by Crippen LogP contribution is 2.40. The Morgan fingerprint density at radius 3 is 2.59 bits per heavy atom. The van der Waals surface area contributed by atoms with Crippen LogP contribution in [0.3, 0.4) is 0 Å². The minimum Gasteiger partial charge on any atom is -0.465 e. The number of nitrogens with one attached hydrogen (secondary N) is 1. The number of carbonyl (C=O) groups excluding carboxylic acids is 2. The van der Waals surface area contributed by atoms with E-state index in [9.17, 15) is 9.59 Å². The van der Waals surface area contributed by atoms with Gasteiger partial charge in [-0.05, 0) is 49.6 Å². The Labute approximate surface area is 157 Å². The Kier molecular flexibility index (Phi) is 4.36. The molecular weight excluding hydrogens is 340 g/mol. The Hall–Kier alpha value is -3.21. The minimum absolute atomic E-state index is 0.208. The maximum atomic E-state index is 13.1. The fourth-order valence-electron chi connectivity index (χ4n) is 3.26. The maximum absolute atomic E-state index is 13.1. The first kappa shape index (κ1) is 17.2. The molecule has 5 heteroatoms. The molecule has 3 aromatic rings. The van der Waals surface area contributed by atoms with E-state index >= 15 is 0 Å². The molecule has 1 aliphatic rings. The van der Waals surface area contributed by atoms with Gasteiger partial charge in [0.1, 0.15) is 0 Å². The molecule has 4 rings (SSSR count). The molecule has 0 saturated heterocycles. The smallest absolute Gasteiger partial charge is 0.338 e. The van der Waals surface area contributed by atoms with Crippen LogP contribution in [0, 0.1) is 6.92 Å². The summed E-state index contributed by atoms with van der Waals surface area (Å²) in [6, 6.07) is 14.8. The number of nitrogens with zero attached hydrogens (tertiary/aromatic N) is 1. The van der Waals surface area contributed by atoms with Gasteiger partial charge >= 0.3 is 5.97 Å². The number of hydrogen-bond acceptors (Lipinski definition) is 4. The Bertz CT molecular complexity index is 1050. The van der Waals surface area contributed by atoms with Crippen LogP contribution < -0.4 is 5.32 Å². The molecule has 1 aromatic heterocycles. The van der Waals surface area contributed by atoms with Crippen LogP contribution in [0.1, 0.15) is 50.7 Å². The van der Waals surface area contributed by atoms with E-state index in [-0.39, 0.29) is 5.91 Å². The van der Waals surface area contributed by atoms with Crippen molar-refractivity contribution >= 4 is 28.5 Å². The number of carbonyl (C=O) groups is 2. The van der Waals surface area contributed by atoms with Gasteiger partial charge in [-0.3, -0.25) is 9.78 Å². The third kappa shape index (κ3) is 3.28. The van der Waals surface area contributed by atoms with Crippen LogP contribution in [0.15, 0.2) is 48.5 Å². The number of anilines is 1. The molecule has 0 unspecified atom stereocenters. The van der Waals surface area contributed by atoms with Crippen molar-refractivity contribution in [2.24, 2.45) is 0 Å². The molecule has 5 nitrogen and oxygen atoms in total. The number of aromatic nitrogens is 1. The quantitative estimate of drug-likeness (QED) is 0.698. The molecule has 1 fully saturated rings. The molecule has 1 N–H and O–H groups in total. The highest BCUT2D eigenvalue weighted by atomic mass is 16.5. The molecule has 0 bridgehead atoms. The molecule has 0 atom stereocenters. The first-order chi connectivity index (χ1) is 13.1. The van der Waals surface area contributed by atoms with E-state index < -0.39 is 5.97 Å². The lowest BCUT2D eigenvalue weighted by molar-refractivity contribution is 0.0599. The van der Waals surface area contributed by atoms with Crippen LogP contribution in [-0.4, -0.2) is 24.0 Å².